The Kier molecular flexibility index (Phi) is 5.35. The molecule has 1 fully saturated rings. The number of piperidine rings is 1. The van der Waals surface area contributed by atoms with Gasteiger partial charge in [-0.3, -0.25) is 4.79 Å². The molecule has 1 heterocycles. The van der Waals surface area contributed by atoms with Gasteiger partial charge in [-0.15, -0.1) is 0 Å². The van der Waals surface area contributed by atoms with E-state index < -0.39 is 0 Å². The normalized spacial score (nSPS) is 22.3. The first-order chi connectivity index (χ1) is 9.65. The summed E-state index contributed by atoms with van der Waals surface area (Å²) in [5.74, 6) is 0.770. The van der Waals surface area contributed by atoms with Gasteiger partial charge in [0.1, 0.15) is 11.6 Å². The fraction of sp³-hybridized carbons (Fsp3) is 0.533. The zero-order valence-electron chi connectivity index (χ0n) is 11.7. The predicted molar refractivity (Wildman–Crippen MR) is 75.1 cm³/mol. The van der Waals surface area contributed by atoms with Crippen LogP contribution in [0.5, 0.6) is 5.75 Å². The number of nitrogens with one attached hydrogen (secondary N) is 2. The number of ether oxygens (including phenoxy) is 1. The molecule has 2 atom stereocenters. The Hall–Kier alpha value is -1.62. The standard InChI is InChI=1S/C15H21FN2O2/c1-11-6-8-17-10-14(11)18-15(19)7-9-20-13-4-2-12(16)3-5-13/h2-5,11,14,17H,6-10H2,1H3,(H,18,19). The molecule has 0 aliphatic carbocycles. The minimum Gasteiger partial charge on any atom is -0.493 e. The van der Waals surface area contributed by atoms with Crippen molar-refractivity contribution < 1.29 is 13.9 Å². The highest BCUT2D eigenvalue weighted by Crippen LogP contribution is 2.12. The van der Waals surface area contributed by atoms with Gasteiger partial charge in [0.15, 0.2) is 0 Å². The summed E-state index contributed by atoms with van der Waals surface area (Å²) in [5, 5.41) is 6.30. The fourth-order valence-corrected chi connectivity index (χ4v) is 2.25. The smallest absolute Gasteiger partial charge is 0.223 e. The maximum absolute atomic E-state index is 12.7. The monoisotopic (exact) mass is 280 g/mol. The molecule has 110 valence electrons. The highest BCUT2D eigenvalue weighted by molar-refractivity contribution is 5.76. The Morgan fingerprint density at radius 3 is 2.90 bits per heavy atom. The molecule has 0 bridgehead atoms. The molecule has 0 spiro atoms. The fourth-order valence-electron chi connectivity index (χ4n) is 2.25. The van der Waals surface area contributed by atoms with Crippen LogP contribution >= 0.6 is 0 Å². The van der Waals surface area contributed by atoms with Crippen molar-refractivity contribution in [1.82, 2.24) is 10.6 Å². The second-order valence-electron chi connectivity index (χ2n) is 5.20. The van der Waals surface area contributed by atoms with Crippen LogP contribution in [0.1, 0.15) is 19.8 Å². The van der Waals surface area contributed by atoms with Crippen molar-refractivity contribution in [2.75, 3.05) is 19.7 Å². The lowest BCUT2D eigenvalue weighted by Crippen LogP contribution is -2.50. The van der Waals surface area contributed by atoms with Crippen LogP contribution < -0.4 is 15.4 Å². The van der Waals surface area contributed by atoms with Crippen molar-refractivity contribution in [3.05, 3.63) is 30.1 Å². The minimum atomic E-state index is -0.297. The van der Waals surface area contributed by atoms with Crippen molar-refractivity contribution in [3.63, 3.8) is 0 Å². The van der Waals surface area contributed by atoms with E-state index in [2.05, 4.69) is 17.6 Å². The minimum absolute atomic E-state index is 0.00679. The number of benzene rings is 1. The number of carbonyl (C=O) groups is 1. The highest BCUT2D eigenvalue weighted by atomic mass is 19.1. The predicted octanol–water partition coefficient (Wildman–Crippen LogP) is 1.71. The number of amides is 1. The van der Waals surface area contributed by atoms with Crippen LogP contribution in [0, 0.1) is 11.7 Å². The molecular formula is C15H21FN2O2. The van der Waals surface area contributed by atoms with Crippen LogP contribution in [0.2, 0.25) is 0 Å². The molecule has 4 nitrogen and oxygen atoms in total. The molecule has 1 aromatic carbocycles. The maximum atomic E-state index is 12.7. The van der Waals surface area contributed by atoms with Gasteiger partial charge in [0.25, 0.3) is 0 Å². The summed E-state index contributed by atoms with van der Waals surface area (Å²) >= 11 is 0. The third-order valence-corrected chi connectivity index (χ3v) is 3.59. The van der Waals surface area contributed by atoms with Crippen LogP contribution in [-0.2, 0) is 4.79 Å². The van der Waals surface area contributed by atoms with E-state index in [0.717, 1.165) is 19.5 Å². The molecule has 1 amide bonds. The summed E-state index contributed by atoms with van der Waals surface area (Å²) in [7, 11) is 0. The average Bonchev–Trinajstić information content (AvgIpc) is 2.44. The summed E-state index contributed by atoms with van der Waals surface area (Å²) in [6.07, 6.45) is 1.39. The van der Waals surface area contributed by atoms with Crippen LogP contribution in [-0.4, -0.2) is 31.6 Å². The lowest BCUT2D eigenvalue weighted by atomic mass is 9.95. The van der Waals surface area contributed by atoms with E-state index in [0.29, 0.717) is 24.7 Å². The molecule has 1 saturated heterocycles. The largest absolute Gasteiger partial charge is 0.493 e. The van der Waals surface area contributed by atoms with Crippen molar-refractivity contribution in [1.29, 1.82) is 0 Å². The van der Waals surface area contributed by atoms with E-state index in [9.17, 15) is 9.18 Å². The summed E-state index contributed by atoms with van der Waals surface area (Å²) in [4.78, 5) is 11.8. The summed E-state index contributed by atoms with van der Waals surface area (Å²) in [6.45, 7) is 4.29. The Labute approximate surface area is 118 Å². The van der Waals surface area contributed by atoms with E-state index >= 15 is 0 Å². The van der Waals surface area contributed by atoms with Crippen molar-refractivity contribution in [3.8, 4) is 5.75 Å². The third kappa shape index (κ3) is 4.49. The van der Waals surface area contributed by atoms with Gasteiger partial charge in [0.2, 0.25) is 5.91 Å². The van der Waals surface area contributed by atoms with Gasteiger partial charge < -0.3 is 15.4 Å². The van der Waals surface area contributed by atoms with Gasteiger partial charge in [0.05, 0.1) is 13.0 Å². The van der Waals surface area contributed by atoms with Crippen LogP contribution in [0.3, 0.4) is 0 Å². The number of halogens is 1. The summed E-state index contributed by atoms with van der Waals surface area (Å²) < 4.78 is 18.1. The zero-order chi connectivity index (χ0) is 14.4. The molecule has 5 heteroatoms. The second kappa shape index (κ2) is 7.24. The SMILES string of the molecule is CC1CCNCC1NC(=O)CCOc1ccc(F)cc1. The molecule has 1 aliphatic rings. The molecule has 1 aliphatic heterocycles. The van der Waals surface area contributed by atoms with Crippen molar-refractivity contribution in [2.45, 2.75) is 25.8 Å². The maximum Gasteiger partial charge on any atom is 0.223 e. The molecule has 0 aromatic heterocycles. The van der Waals surface area contributed by atoms with E-state index in [1.54, 1.807) is 12.1 Å². The number of hydrogen-bond donors (Lipinski definition) is 2. The molecule has 2 N–H and O–H groups in total. The van der Waals surface area contributed by atoms with Gasteiger partial charge in [-0.2, -0.15) is 0 Å². The van der Waals surface area contributed by atoms with Crippen molar-refractivity contribution >= 4 is 5.91 Å². The summed E-state index contributed by atoms with van der Waals surface area (Å²) in [6, 6.07) is 5.98. The molecule has 20 heavy (non-hydrogen) atoms. The molecule has 2 rings (SSSR count). The first-order valence-corrected chi connectivity index (χ1v) is 7.03. The Balaban J connectivity index is 1.68. The molecule has 0 radical (unpaired) electrons. The highest BCUT2D eigenvalue weighted by Gasteiger charge is 2.22. The van der Waals surface area contributed by atoms with Crippen LogP contribution in [0.25, 0.3) is 0 Å². The zero-order valence-corrected chi connectivity index (χ0v) is 11.7. The Morgan fingerprint density at radius 2 is 2.20 bits per heavy atom. The summed E-state index contributed by atoms with van der Waals surface area (Å²) in [5.41, 5.74) is 0. The van der Waals surface area contributed by atoms with Crippen LogP contribution in [0.4, 0.5) is 4.39 Å². The van der Waals surface area contributed by atoms with Gasteiger partial charge >= 0.3 is 0 Å². The topological polar surface area (TPSA) is 50.4 Å². The molecular weight excluding hydrogens is 259 g/mol. The van der Waals surface area contributed by atoms with Gasteiger partial charge in [-0.25, -0.2) is 4.39 Å². The average molecular weight is 280 g/mol. The first-order valence-electron chi connectivity index (χ1n) is 7.03. The lowest BCUT2D eigenvalue weighted by Gasteiger charge is -2.30. The van der Waals surface area contributed by atoms with Crippen molar-refractivity contribution in [2.24, 2.45) is 5.92 Å². The van der Waals surface area contributed by atoms with Gasteiger partial charge in [-0.1, -0.05) is 6.92 Å². The number of rotatable bonds is 5. The quantitative estimate of drug-likeness (QED) is 0.863. The number of carbonyl (C=O) groups excluding carboxylic acids is 1. The van der Waals surface area contributed by atoms with Crippen LogP contribution in [0.15, 0.2) is 24.3 Å². The third-order valence-electron chi connectivity index (χ3n) is 3.59. The van der Waals surface area contributed by atoms with Gasteiger partial charge in [-0.05, 0) is 43.1 Å². The molecule has 2 unspecified atom stereocenters. The molecule has 0 saturated carbocycles. The van der Waals surface area contributed by atoms with Gasteiger partial charge in [0, 0.05) is 12.6 Å². The first kappa shape index (κ1) is 14.8. The molecule has 1 aromatic rings. The van der Waals surface area contributed by atoms with E-state index in [1.807, 2.05) is 0 Å². The number of hydrogen-bond acceptors (Lipinski definition) is 3. The van der Waals surface area contributed by atoms with E-state index in [4.69, 9.17) is 4.74 Å². The Morgan fingerprint density at radius 1 is 1.45 bits per heavy atom. The lowest BCUT2D eigenvalue weighted by molar-refractivity contribution is -0.122. The second-order valence-corrected chi connectivity index (χ2v) is 5.20. The Bertz CT molecular complexity index is 436. The van der Waals surface area contributed by atoms with E-state index in [1.165, 1.54) is 12.1 Å². The van der Waals surface area contributed by atoms with E-state index in [-0.39, 0.29) is 17.8 Å².